The predicted octanol–water partition coefficient (Wildman–Crippen LogP) is 2.80. The Bertz CT molecular complexity index is 643. The van der Waals surface area contributed by atoms with Crippen molar-refractivity contribution in [2.45, 2.75) is 19.9 Å². The zero-order chi connectivity index (χ0) is 14.7. The molecule has 1 amide bonds. The highest BCUT2D eigenvalue weighted by molar-refractivity contribution is 5.97. The Morgan fingerprint density at radius 2 is 2.15 bits per heavy atom. The molecule has 104 valence electrons. The minimum Gasteiger partial charge on any atom is -0.365 e. The van der Waals surface area contributed by atoms with Crippen molar-refractivity contribution in [3.05, 3.63) is 59.0 Å². The second-order valence-electron chi connectivity index (χ2n) is 4.64. The normalized spacial score (nSPS) is 11.9. The molecule has 2 rings (SSSR count). The van der Waals surface area contributed by atoms with Gasteiger partial charge in [0.1, 0.15) is 11.6 Å². The van der Waals surface area contributed by atoms with E-state index in [1.54, 1.807) is 31.3 Å². The molecule has 0 aliphatic rings. The third-order valence-corrected chi connectivity index (χ3v) is 3.12. The molecule has 1 unspecified atom stereocenters. The molecule has 3 N–H and O–H groups in total. The minimum absolute atomic E-state index is 0.196. The quantitative estimate of drug-likeness (QED) is 0.900. The minimum atomic E-state index is -0.553. The highest BCUT2D eigenvalue weighted by atomic mass is 19.1. The number of nitrogens with zero attached hydrogens (tertiary/aromatic N) is 1. The summed E-state index contributed by atoms with van der Waals surface area (Å²) in [6.45, 7) is 3.57. The molecule has 1 atom stereocenters. The maximum absolute atomic E-state index is 13.6. The standard InChI is InChI=1S/C15H16FN3O/c1-9-5-6-11(8-13(9)16)10(2)19-15-12(14(17)20)4-3-7-18-15/h3-8,10H,1-2H3,(H2,17,20)(H,18,19). The first-order valence-electron chi connectivity index (χ1n) is 6.26. The fourth-order valence-corrected chi connectivity index (χ4v) is 1.89. The van der Waals surface area contributed by atoms with Crippen molar-refractivity contribution in [3.63, 3.8) is 0 Å². The Morgan fingerprint density at radius 1 is 1.40 bits per heavy atom. The van der Waals surface area contributed by atoms with Crippen LogP contribution < -0.4 is 11.1 Å². The Hall–Kier alpha value is -2.43. The number of aromatic nitrogens is 1. The van der Waals surface area contributed by atoms with E-state index in [9.17, 15) is 9.18 Å². The molecule has 1 aromatic heterocycles. The molecule has 20 heavy (non-hydrogen) atoms. The van der Waals surface area contributed by atoms with Gasteiger partial charge < -0.3 is 11.1 Å². The summed E-state index contributed by atoms with van der Waals surface area (Å²) in [5, 5.41) is 3.08. The highest BCUT2D eigenvalue weighted by Crippen LogP contribution is 2.21. The lowest BCUT2D eigenvalue weighted by Crippen LogP contribution is -2.17. The van der Waals surface area contributed by atoms with E-state index >= 15 is 0 Å². The topological polar surface area (TPSA) is 68.0 Å². The molecule has 5 heteroatoms. The highest BCUT2D eigenvalue weighted by Gasteiger charge is 2.13. The SMILES string of the molecule is Cc1ccc(C(C)Nc2ncccc2C(N)=O)cc1F. The van der Waals surface area contributed by atoms with Crippen LogP contribution in [-0.4, -0.2) is 10.9 Å². The average molecular weight is 273 g/mol. The lowest BCUT2D eigenvalue weighted by Gasteiger charge is -2.17. The number of amides is 1. The van der Waals surface area contributed by atoms with E-state index < -0.39 is 5.91 Å². The third-order valence-electron chi connectivity index (χ3n) is 3.12. The van der Waals surface area contributed by atoms with Crippen LogP contribution in [0.2, 0.25) is 0 Å². The number of carbonyl (C=O) groups excluding carboxylic acids is 1. The van der Waals surface area contributed by atoms with Crippen molar-refractivity contribution in [1.29, 1.82) is 0 Å². The zero-order valence-electron chi connectivity index (χ0n) is 11.4. The number of halogens is 1. The van der Waals surface area contributed by atoms with E-state index in [4.69, 9.17) is 5.73 Å². The Balaban J connectivity index is 2.25. The first-order chi connectivity index (χ1) is 9.49. The lowest BCUT2D eigenvalue weighted by atomic mass is 10.1. The van der Waals surface area contributed by atoms with Crippen LogP contribution in [0.5, 0.6) is 0 Å². The van der Waals surface area contributed by atoms with Gasteiger partial charge in [-0.2, -0.15) is 0 Å². The molecule has 2 aromatic rings. The fourth-order valence-electron chi connectivity index (χ4n) is 1.89. The molecule has 0 aliphatic heterocycles. The number of aryl methyl sites for hydroxylation is 1. The van der Waals surface area contributed by atoms with Gasteiger partial charge in [0, 0.05) is 6.20 Å². The van der Waals surface area contributed by atoms with Crippen molar-refractivity contribution in [2.24, 2.45) is 5.73 Å². The number of pyridine rings is 1. The predicted molar refractivity (Wildman–Crippen MR) is 75.9 cm³/mol. The van der Waals surface area contributed by atoms with E-state index in [-0.39, 0.29) is 11.9 Å². The number of nitrogens with one attached hydrogen (secondary N) is 1. The van der Waals surface area contributed by atoms with Crippen molar-refractivity contribution in [1.82, 2.24) is 4.98 Å². The van der Waals surface area contributed by atoms with Gasteiger partial charge in [-0.3, -0.25) is 4.79 Å². The van der Waals surface area contributed by atoms with Gasteiger partial charge in [-0.05, 0) is 43.2 Å². The summed E-state index contributed by atoms with van der Waals surface area (Å²) in [5.41, 5.74) is 6.97. The Morgan fingerprint density at radius 3 is 2.80 bits per heavy atom. The van der Waals surface area contributed by atoms with E-state index in [0.29, 0.717) is 16.9 Å². The third kappa shape index (κ3) is 2.93. The smallest absolute Gasteiger partial charge is 0.252 e. The van der Waals surface area contributed by atoms with Gasteiger partial charge in [-0.15, -0.1) is 0 Å². The summed E-state index contributed by atoms with van der Waals surface area (Å²) in [5.74, 6) is -0.413. The molecular weight excluding hydrogens is 257 g/mol. The van der Waals surface area contributed by atoms with E-state index in [1.807, 2.05) is 13.0 Å². The summed E-state index contributed by atoms with van der Waals surface area (Å²) >= 11 is 0. The van der Waals surface area contributed by atoms with Crippen LogP contribution in [0.4, 0.5) is 10.2 Å². The molecule has 1 aromatic carbocycles. The van der Waals surface area contributed by atoms with Crippen molar-refractivity contribution in [2.75, 3.05) is 5.32 Å². The van der Waals surface area contributed by atoms with E-state index in [1.165, 1.54) is 6.07 Å². The fraction of sp³-hybridized carbons (Fsp3) is 0.200. The molecular formula is C15H16FN3O. The molecule has 0 spiro atoms. The second kappa shape index (κ2) is 5.69. The van der Waals surface area contributed by atoms with Gasteiger partial charge >= 0.3 is 0 Å². The molecule has 0 fully saturated rings. The van der Waals surface area contributed by atoms with Gasteiger partial charge in [0.15, 0.2) is 0 Å². The van der Waals surface area contributed by atoms with Crippen molar-refractivity contribution < 1.29 is 9.18 Å². The number of rotatable bonds is 4. The zero-order valence-corrected chi connectivity index (χ0v) is 11.4. The summed E-state index contributed by atoms with van der Waals surface area (Å²) in [6.07, 6.45) is 1.57. The maximum Gasteiger partial charge on any atom is 0.252 e. The monoisotopic (exact) mass is 273 g/mol. The van der Waals surface area contributed by atoms with Crippen LogP contribution in [0.25, 0.3) is 0 Å². The van der Waals surface area contributed by atoms with Gasteiger partial charge in [0.25, 0.3) is 5.91 Å². The van der Waals surface area contributed by atoms with Crippen LogP contribution in [0.3, 0.4) is 0 Å². The van der Waals surface area contributed by atoms with Crippen LogP contribution in [-0.2, 0) is 0 Å². The summed E-state index contributed by atoms with van der Waals surface area (Å²) in [4.78, 5) is 15.4. The number of hydrogen-bond donors (Lipinski definition) is 2. The lowest BCUT2D eigenvalue weighted by molar-refractivity contribution is 0.100. The molecule has 4 nitrogen and oxygen atoms in total. The number of anilines is 1. The Kier molecular flexibility index (Phi) is 3.98. The number of hydrogen-bond acceptors (Lipinski definition) is 3. The number of benzene rings is 1. The number of carbonyl (C=O) groups is 1. The molecule has 0 bridgehead atoms. The first kappa shape index (κ1) is 14.0. The summed E-state index contributed by atoms with van der Waals surface area (Å²) in [7, 11) is 0. The maximum atomic E-state index is 13.6. The van der Waals surface area contributed by atoms with Gasteiger partial charge in [0.05, 0.1) is 11.6 Å². The Labute approximate surface area is 116 Å². The second-order valence-corrected chi connectivity index (χ2v) is 4.64. The summed E-state index contributed by atoms with van der Waals surface area (Å²) < 4.78 is 13.6. The van der Waals surface area contributed by atoms with Gasteiger partial charge in [0.2, 0.25) is 0 Å². The first-order valence-corrected chi connectivity index (χ1v) is 6.26. The van der Waals surface area contributed by atoms with E-state index in [2.05, 4.69) is 10.3 Å². The number of nitrogens with two attached hydrogens (primary N) is 1. The van der Waals surface area contributed by atoms with Gasteiger partial charge in [-0.25, -0.2) is 9.37 Å². The van der Waals surface area contributed by atoms with Crippen molar-refractivity contribution in [3.8, 4) is 0 Å². The van der Waals surface area contributed by atoms with Crippen LogP contribution in [0, 0.1) is 12.7 Å². The summed E-state index contributed by atoms with van der Waals surface area (Å²) in [6, 6.07) is 8.07. The molecule has 0 radical (unpaired) electrons. The molecule has 1 heterocycles. The van der Waals surface area contributed by atoms with Gasteiger partial charge in [-0.1, -0.05) is 12.1 Å². The van der Waals surface area contributed by atoms with Crippen LogP contribution in [0.1, 0.15) is 34.5 Å². The van der Waals surface area contributed by atoms with Crippen LogP contribution in [0.15, 0.2) is 36.5 Å². The van der Waals surface area contributed by atoms with Crippen LogP contribution >= 0.6 is 0 Å². The average Bonchev–Trinajstić information content (AvgIpc) is 2.42. The molecule has 0 saturated carbocycles. The van der Waals surface area contributed by atoms with E-state index in [0.717, 1.165) is 5.56 Å². The molecule has 0 saturated heterocycles. The molecule has 0 aliphatic carbocycles. The largest absolute Gasteiger partial charge is 0.365 e. The van der Waals surface area contributed by atoms with Crippen molar-refractivity contribution >= 4 is 11.7 Å². The number of primary amides is 1.